The van der Waals surface area contributed by atoms with Crippen molar-refractivity contribution in [2.45, 2.75) is 32.9 Å². The molecule has 0 bridgehead atoms. The Balaban J connectivity index is 2.62. The van der Waals surface area contributed by atoms with E-state index in [2.05, 4.69) is 48.4 Å². The predicted octanol–water partition coefficient (Wildman–Crippen LogP) is 3.09. The molecule has 1 atom stereocenters. The van der Waals surface area contributed by atoms with Gasteiger partial charge in [0.15, 0.2) is 0 Å². The van der Waals surface area contributed by atoms with E-state index in [1.54, 1.807) is 0 Å². The topological polar surface area (TPSA) is 28.2 Å². The Morgan fingerprint density at radius 3 is 2.83 bits per heavy atom. The lowest BCUT2D eigenvalue weighted by Crippen LogP contribution is -2.32. The zero-order valence-corrected chi connectivity index (χ0v) is 12.8. The van der Waals surface area contributed by atoms with Crippen LogP contribution in [0.2, 0.25) is 0 Å². The van der Waals surface area contributed by atoms with Crippen LogP contribution in [0.5, 0.6) is 0 Å². The molecule has 1 aromatic rings. The van der Waals surface area contributed by atoms with Crippen molar-refractivity contribution in [3.63, 3.8) is 0 Å². The molecule has 0 amide bonds. The van der Waals surface area contributed by atoms with Gasteiger partial charge in [0.2, 0.25) is 0 Å². The molecule has 102 valence electrons. The maximum absolute atomic E-state index is 4.45. The van der Waals surface area contributed by atoms with Crippen molar-refractivity contribution in [3.05, 3.63) is 24.0 Å². The van der Waals surface area contributed by atoms with Crippen molar-refractivity contribution in [2.24, 2.45) is 0 Å². The van der Waals surface area contributed by atoms with Crippen LogP contribution >= 0.6 is 11.8 Å². The average Bonchev–Trinajstić information content (AvgIpc) is 2.36. The fourth-order valence-electron chi connectivity index (χ4n) is 2.01. The Labute approximate surface area is 115 Å². The highest BCUT2D eigenvalue weighted by molar-refractivity contribution is 7.98. The number of nitrogens with one attached hydrogen (secondary N) is 1. The summed E-state index contributed by atoms with van der Waals surface area (Å²) in [6.45, 7) is 6.22. The van der Waals surface area contributed by atoms with E-state index >= 15 is 0 Å². The quantitative estimate of drug-likeness (QED) is 0.783. The molecular formula is C14H25N3S. The molecule has 1 heterocycles. The normalized spacial score (nSPS) is 12.7. The summed E-state index contributed by atoms with van der Waals surface area (Å²) < 4.78 is 0. The fraction of sp³-hybridized carbons (Fsp3) is 0.643. The van der Waals surface area contributed by atoms with Crippen molar-refractivity contribution in [1.29, 1.82) is 0 Å². The van der Waals surface area contributed by atoms with Gasteiger partial charge in [0, 0.05) is 36.8 Å². The number of anilines is 1. The second-order valence-electron chi connectivity index (χ2n) is 4.50. The molecule has 0 fully saturated rings. The summed E-state index contributed by atoms with van der Waals surface area (Å²) in [7, 11) is 2.19. The van der Waals surface area contributed by atoms with Gasteiger partial charge < -0.3 is 5.32 Å². The van der Waals surface area contributed by atoms with E-state index in [0.29, 0.717) is 6.04 Å². The number of thioether (sulfide) groups is 1. The molecule has 0 aliphatic carbocycles. The predicted molar refractivity (Wildman–Crippen MR) is 82.3 cm³/mol. The maximum atomic E-state index is 4.45. The van der Waals surface area contributed by atoms with Gasteiger partial charge in [0.25, 0.3) is 0 Å². The van der Waals surface area contributed by atoms with Crippen LogP contribution in [0.3, 0.4) is 0 Å². The third kappa shape index (κ3) is 4.86. The highest BCUT2D eigenvalue weighted by atomic mass is 32.2. The third-order valence-electron chi connectivity index (χ3n) is 3.06. The Hall–Kier alpha value is -0.740. The molecule has 1 N–H and O–H groups in total. The molecule has 0 saturated carbocycles. The van der Waals surface area contributed by atoms with E-state index in [9.17, 15) is 0 Å². The summed E-state index contributed by atoms with van der Waals surface area (Å²) in [6, 6.07) is 4.79. The Bertz CT molecular complexity index is 344. The third-order valence-corrected chi connectivity index (χ3v) is 3.78. The summed E-state index contributed by atoms with van der Waals surface area (Å²) in [5.74, 6) is 1.18. The van der Waals surface area contributed by atoms with E-state index in [4.69, 9.17) is 0 Å². The van der Waals surface area contributed by atoms with Crippen molar-refractivity contribution < 1.29 is 0 Å². The van der Waals surface area contributed by atoms with Crippen LogP contribution in [0.15, 0.2) is 18.3 Å². The Kier molecular flexibility index (Phi) is 7.13. The molecule has 0 spiro atoms. The summed E-state index contributed by atoms with van der Waals surface area (Å²) >= 11 is 1.91. The lowest BCUT2D eigenvalue weighted by atomic mass is 10.2. The standard InChI is InChI=1S/C14H25N3S/c1-5-14(11-18-4)17(3)10-13-9-12(15-6-2)7-8-16-13/h7-9,14H,5-6,10-11H2,1-4H3,(H,15,16). The van der Waals surface area contributed by atoms with Gasteiger partial charge in [0.05, 0.1) is 5.69 Å². The number of aromatic nitrogens is 1. The smallest absolute Gasteiger partial charge is 0.0564 e. The lowest BCUT2D eigenvalue weighted by molar-refractivity contribution is 0.245. The Morgan fingerprint density at radius 2 is 2.22 bits per heavy atom. The molecular weight excluding hydrogens is 242 g/mol. The van der Waals surface area contributed by atoms with E-state index < -0.39 is 0 Å². The number of pyridine rings is 1. The molecule has 18 heavy (non-hydrogen) atoms. The van der Waals surface area contributed by atoms with Crippen LogP contribution in [0.4, 0.5) is 5.69 Å². The van der Waals surface area contributed by atoms with Gasteiger partial charge in [-0.2, -0.15) is 11.8 Å². The second-order valence-corrected chi connectivity index (χ2v) is 5.41. The molecule has 0 saturated heterocycles. The summed E-state index contributed by atoms with van der Waals surface area (Å²) in [6.07, 6.45) is 5.24. The first-order chi connectivity index (χ1) is 8.71. The molecule has 0 aliphatic heterocycles. The molecule has 0 aliphatic rings. The molecule has 1 unspecified atom stereocenters. The second kappa shape index (κ2) is 8.38. The van der Waals surface area contributed by atoms with E-state index in [0.717, 1.165) is 24.5 Å². The zero-order chi connectivity index (χ0) is 13.4. The van der Waals surface area contributed by atoms with Crippen LogP contribution in [-0.2, 0) is 6.54 Å². The first-order valence-corrected chi connectivity index (χ1v) is 7.98. The molecule has 0 aromatic carbocycles. The van der Waals surface area contributed by atoms with Gasteiger partial charge in [-0.15, -0.1) is 0 Å². The van der Waals surface area contributed by atoms with Gasteiger partial charge in [-0.25, -0.2) is 0 Å². The van der Waals surface area contributed by atoms with Crippen LogP contribution in [0, 0.1) is 0 Å². The molecule has 4 heteroatoms. The molecule has 1 aromatic heterocycles. The average molecular weight is 267 g/mol. The minimum absolute atomic E-state index is 0.629. The first-order valence-electron chi connectivity index (χ1n) is 6.59. The molecule has 1 rings (SSSR count). The van der Waals surface area contributed by atoms with Crippen molar-refractivity contribution in [2.75, 3.05) is 30.9 Å². The number of nitrogens with zero attached hydrogens (tertiary/aromatic N) is 2. The van der Waals surface area contributed by atoms with E-state index in [1.165, 1.54) is 12.2 Å². The molecule has 0 radical (unpaired) electrons. The minimum atomic E-state index is 0.629. The first kappa shape index (κ1) is 15.3. The lowest BCUT2D eigenvalue weighted by Gasteiger charge is -2.26. The van der Waals surface area contributed by atoms with Gasteiger partial charge in [0.1, 0.15) is 0 Å². The van der Waals surface area contributed by atoms with Gasteiger partial charge in [-0.3, -0.25) is 9.88 Å². The zero-order valence-electron chi connectivity index (χ0n) is 11.9. The SMILES string of the molecule is CCNc1ccnc(CN(C)C(CC)CSC)c1. The summed E-state index contributed by atoms with van der Waals surface area (Å²) in [5.41, 5.74) is 2.30. The fourth-order valence-corrected chi connectivity index (χ4v) is 2.89. The largest absolute Gasteiger partial charge is 0.385 e. The monoisotopic (exact) mass is 267 g/mol. The summed E-state index contributed by atoms with van der Waals surface area (Å²) in [5, 5.41) is 3.33. The highest BCUT2D eigenvalue weighted by Crippen LogP contribution is 2.13. The molecule has 3 nitrogen and oxygen atoms in total. The Morgan fingerprint density at radius 1 is 1.44 bits per heavy atom. The van der Waals surface area contributed by atoms with Gasteiger partial charge in [-0.05, 0) is 38.8 Å². The van der Waals surface area contributed by atoms with E-state index in [1.807, 2.05) is 24.0 Å². The highest BCUT2D eigenvalue weighted by Gasteiger charge is 2.12. The van der Waals surface area contributed by atoms with Crippen LogP contribution in [0.1, 0.15) is 26.0 Å². The minimum Gasteiger partial charge on any atom is -0.385 e. The number of rotatable bonds is 8. The number of hydrogen-bond acceptors (Lipinski definition) is 4. The maximum Gasteiger partial charge on any atom is 0.0564 e. The van der Waals surface area contributed by atoms with Gasteiger partial charge >= 0.3 is 0 Å². The van der Waals surface area contributed by atoms with Crippen molar-refractivity contribution in [3.8, 4) is 0 Å². The van der Waals surface area contributed by atoms with Crippen LogP contribution < -0.4 is 5.32 Å². The van der Waals surface area contributed by atoms with Crippen LogP contribution in [0.25, 0.3) is 0 Å². The van der Waals surface area contributed by atoms with Crippen molar-refractivity contribution >= 4 is 17.4 Å². The van der Waals surface area contributed by atoms with Crippen molar-refractivity contribution in [1.82, 2.24) is 9.88 Å². The van der Waals surface area contributed by atoms with Crippen LogP contribution in [-0.4, -0.2) is 41.5 Å². The van der Waals surface area contributed by atoms with Gasteiger partial charge in [-0.1, -0.05) is 6.92 Å². The van der Waals surface area contributed by atoms with E-state index in [-0.39, 0.29) is 0 Å². The number of hydrogen-bond donors (Lipinski definition) is 1. The summed E-state index contributed by atoms with van der Waals surface area (Å²) in [4.78, 5) is 6.85.